The van der Waals surface area contributed by atoms with E-state index in [1.807, 2.05) is 39.0 Å². The standard InChI is InChI=1S/C24H29ClN2O5.C24H30N2O5/c1-13-7-8-17-15(9-13)19-16(25)10-24(31-20(19)14(2)26-17)11-18(21(28)30-6)27(12-24)22(29)32-23(3,4)5;1-14-7-8-18-17(11-14)16-9-10-24(30-20(16)15(2)25-18)12-19(21(27)29-6)26(13-24)22(28)31-23(3,4)5/h7-9,16,18H,10-12H2,1-6H3;7-8,11,19H,9-10,12-13H2,1-6H3/t16?,18-,24+;19-,24+/m00/s1. The number of ether oxygens (including phenoxy) is 6. The first-order chi connectivity index (χ1) is 29.4. The maximum Gasteiger partial charge on any atom is 0.411 e. The van der Waals surface area contributed by atoms with Crippen LogP contribution in [0.3, 0.4) is 0 Å². The molecule has 4 aromatic rings. The second-order valence-electron chi connectivity index (χ2n) is 19.4. The minimum Gasteiger partial charge on any atom is -0.483 e. The lowest BCUT2D eigenvalue weighted by Crippen LogP contribution is -2.46. The zero-order valence-electron chi connectivity index (χ0n) is 38.4. The minimum atomic E-state index is -0.834. The molecule has 2 amide bonds. The van der Waals surface area contributed by atoms with E-state index in [0.29, 0.717) is 25.0 Å². The highest BCUT2D eigenvalue weighted by molar-refractivity contribution is 6.22. The third-order valence-corrected chi connectivity index (χ3v) is 12.4. The molecule has 14 nitrogen and oxygen atoms in total. The summed E-state index contributed by atoms with van der Waals surface area (Å²) in [5.41, 5.74) is 4.83. The Morgan fingerprint density at radius 1 is 0.683 bits per heavy atom. The largest absolute Gasteiger partial charge is 0.483 e. The highest BCUT2D eigenvalue weighted by Crippen LogP contribution is 2.51. The molecule has 2 fully saturated rings. The van der Waals surface area contributed by atoms with Gasteiger partial charge in [-0.1, -0.05) is 23.3 Å². The molecule has 0 radical (unpaired) electrons. The van der Waals surface area contributed by atoms with Crippen LogP contribution in [0.5, 0.6) is 11.5 Å². The second kappa shape index (κ2) is 16.6. The van der Waals surface area contributed by atoms with Gasteiger partial charge in [0.15, 0.2) is 0 Å². The molecule has 5 atom stereocenters. The van der Waals surface area contributed by atoms with Crippen molar-refractivity contribution in [1.29, 1.82) is 0 Å². The second-order valence-corrected chi connectivity index (χ2v) is 20.0. The highest BCUT2D eigenvalue weighted by atomic mass is 35.5. The number of nitrogens with zero attached hydrogens (tertiary/aromatic N) is 4. The molecule has 1 unspecified atom stereocenters. The molecule has 4 aliphatic rings. The summed E-state index contributed by atoms with van der Waals surface area (Å²) in [6.45, 7) is 19.1. The highest BCUT2D eigenvalue weighted by Gasteiger charge is 2.56. The van der Waals surface area contributed by atoms with E-state index < -0.39 is 58.6 Å². The van der Waals surface area contributed by atoms with Crippen LogP contribution >= 0.6 is 11.6 Å². The summed E-state index contributed by atoms with van der Waals surface area (Å²) in [6, 6.07) is 10.8. The van der Waals surface area contributed by atoms with Gasteiger partial charge in [0.2, 0.25) is 0 Å². The van der Waals surface area contributed by atoms with E-state index in [-0.39, 0.29) is 24.9 Å². The molecule has 2 saturated heterocycles. The number of likely N-dealkylation sites (tertiary alicyclic amines) is 2. The van der Waals surface area contributed by atoms with Gasteiger partial charge in [-0.05, 0) is 106 Å². The van der Waals surface area contributed by atoms with Crippen LogP contribution in [0.15, 0.2) is 36.4 Å². The maximum absolute atomic E-state index is 12.9. The van der Waals surface area contributed by atoms with Crippen molar-refractivity contribution in [2.24, 2.45) is 0 Å². The Morgan fingerprint density at radius 3 is 1.67 bits per heavy atom. The number of fused-ring (bicyclic) bond motifs is 6. The predicted molar refractivity (Wildman–Crippen MR) is 237 cm³/mol. The molecule has 8 rings (SSSR count). The van der Waals surface area contributed by atoms with Crippen molar-refractivity contribution in [3.8, 4) is 11.5 Å². The Kier molecular flexibility index (Phi) is 12.1. The molecule has 0 N–H and O–H groups in total. The number of rotatable bonds is 2. The number of alkyl halides is 1. The number of amides is 2. The number of pyridine rings is 2. The molecular formula is C48H59ClN4O10. The van der Waals surface area contributed by atoms with Crippen molar-refractivity contribution < 1.29 is 47.6 Å². The van der Waals surface area contributed by atoms with Crippen molar-refractivity contribution in [2.45, 2.75) is 141 Å². The van der Waals surface area contributed by atoms with Crippen LogP contribution in [-0.4, -0.2) is 106 Å². The van der Waals surface area contributed by atoms with Crippen LogP contribution < -0.4 is 9.47 Å². The van der Waals surface area contributed by atoms with E-state index in [4.69, 9.17) is 50.0 Å². The van der Waals surface area contributed by atoms with Crippen LogP contribution in [0, 0.1) is 27.7 Å². The number of halogens is 1. The Balaban J connectivity index is 0.000000189. The molecule has 63 heavy (non-hydrogen) atoms. The third-order valence-electron chi connectivity index (χ3n) is 12.0. The monoisotopic (exact) mass is 886 g/mol. The van der Waals surface area contributed by atoms with Crippen molar-refractivity contribution in [3.63, 3.8) is 0 Å². The van der Waals surface area contributed by atoms with Gasteiger partial charge < -0.3 is 28.4 Å². The topological polar surface area (TPSA) is 156 Å². The van der Waals surface area contributed by atoms with Crippen LogP contribution in [0.4, 0.5) is 9.59 Å². The summed E-state index contributed by atoms with van der Waals surface area (Å²) in [6.07, 6.45) is 1.46. The summed E-state index contributed by atoms with van der Waals surface area (Å²) in [5, 5.41) is 1.70. The van der Waals surface area contributed by atoms with E-state index in [0.717, 1.165) is 62.1 Å². The number of benzene rings is 2. The zero-order valence-corrected chi connectivity index (χ0v) is 39.2. The quantitative estimate of drug-likeness (QED) is 0.107. The molecule has 2 aromatic heterocycles. The Morgan fingerprint density at radius 2 is 1.14 bits per heavy atom. The number of carbonyl (C=O) groups excluding carboxylic acids is 4. The minimum absolute atomic E-state index is 0.176. The summed E-state index contributed by atoms with van der Waals surface area (Å²) in [4.78, 5) is 63.2. The SMILES string of the molecule is COC(=O)[C@@H]1C[C@]2(CC(Cl)c3c(c(C)nc4ccc(C)cc34)O2)CN1C(=O)OC(C)(C)C.COC(=O)[C@@H]1C[C@]2(CCc3c(c(C)nc4ccc(C)cc34)O2)CN1C(=O)OC(C)(C)C. The average Bonchev–Trinajstić information content (AvgIpc) is 3.76. The first-order valence-electron chi connectivity index (χ1n) is 21.4. The summed E-state index contributed by atoms with van der Waals surface area (Å²) >= 11 is 6.96. The summed E-state index contributed by atoms with van der Waals surface area (Å²) in [5.74, 6) is 0.432. The number of aromatic nitrogens is 2. The van der Waals surface area contributed by atoms with Gasteiger partial charge in [-0.2, -0.15) is 0 Å². The molecule has 0 saturated carbocycles. The number of hydrogen-bond donors (Lipinski definition) is 0. The molecule has 2 spiro atoms. The van der Waals surface area contributed by atoms with Gasteiger partial charge in [-0.15, -0.1) is 11.6 Å². The number of carbonyl (C=O) groups is 4. The lowest BCUT2D eigenvalue weighted by atomic mass is 9.86. The lowest BCUT2D eigenvalue weighted by molar-refractivity contribution is -0.146. The first-order valence-corrected chi connectivity index (χ1v) is 21.9. The van der Waals surface area contributed by atoms with Gasteiger partial charge >= 0.3 is 24.1 Å². The summed E-state index contributed by atoms with van der Waals surface area (Å²) < 4.78 is 34.2. The van der Waals surface area contributed by atoms with Crippen molar-refractivity contribution in [2.75, 3.05) is 27.3 Å². The molecule has 338 valence electrons. The molecule has 2 aromatic carbocycles. The normalized spacial score (nSPS) is 23.9. The maximum atomic E-state index is 12.9. The number of aryl methyl sites for hydroxylation is 5. The van der Waals surface area contributed by atoms with Gasteiger partial charge in [0.25, 0.3) is 0 Å². The van der Waals surface area contributed by atoms with E-state index in [1.165, 1.54) is 29.6 Å². The summed E-state index contributed by atoms with van der Waals surface area (Å²) in [7, 11) is 2.64. The van der Waals surface area contributed by atoms with E-state index in [1.54, 1.807) is 41.5 Å². The molecule has 0 aliphatic carbocycles. The van der Waals surface area contributed by atoms with Gasteiger partial charge in [-0.25, -0.2) is 29.1 Å². The van der Waals surface area contributed by atoms with Crippen LogP contribution in [0.1, 0.15) is 106 Å². The molecule has 0 bridgehead atoms. The number of hydrogen-bond acceptors (Lipinski definition) is 12. The van der Waals surface area contributed by atoms with Crippen molar-refractivity contribution >= 4 is 57.5 Å². The van der Waals surface area contributed by atoms with E-state index in [9.17, 15) is 19.2 Å². The fourth-order valence-electron chi connectivity index (χ4n) is 9.29. The number of esters is 2. The van der Waals surface area contributed by atoms with Gasteiger partial charge in [0.05, 0.1) is 55.1 Å². The van der Waals surface area contributed by atoms with E-state index >= 15 is 0 Å². The molecular weight excluding hydrogens is 828 g/mol. The number of methoxy groups -OCH3 is 2. The molecule has 6 heterocycles. The van der Waals surface area contributed by atoms with Gasteiger partial charge in [0, 0.05) is 41.2 Å². The first kappa shape index (κ1) is 45.6. The van der Waals surface area contributed by atoms with Crippen molar-refractivity contribution in [1.82, 2.24) is 19.8 Å². The van der Waals surface area contributed by atoms with Gasteiger partial charge in [-0.3, -0.25) is 9.80 Å². The Bertz CT molecular complexity index is 2500. The smallest absolute Gasteiger partial charge is 0.411 e. The van der Waals surface area contributed by atoms with Gasteiger partial charge in [0.1, 0.15) is 46.0 Å². The fraction of sp³-hybridized carbons (Fsp3) is 0.542. The predicted octanol–water partition coefficient (Wildman–Crippen LogP) is 8.93. The van der Waals surface area contributed by atoms with Crippen LogP contribution in [0.2, 0.25) is 0 Å². The van der Waals surface area contributed by atoms with Crippen molar-refractivity contribution in [3.05, 3.63) is 70.0 Å². The molecule has 4 aliphatic heterocycles. The van der Waals surface area contributed by atoms with Crippen LogP contribution in [0.25, 0.3) is 21.8 Å². The third kappa shape index (κ3) is 9.19. The lowest BCUT2D eigenvalue weighted by Gasteiger charge is -2.38. The van der Waals surface area contributed by atoms with Crippen LogP contribution in [-0.2, 0) is 35.0 Å². The zero-order chi connectivity index (χ0) is 46.0. The Hall–Kier alpha value is -5.37. The van der Waals surface area contributed by atoms with E-state index in [2.05, 4.69) is 25.1 Å². The average molecular weight is 887 g/mol. The Labute approximate surface area is 373 Å². The fourth-order valence-corrected chi connectivity index (χ4v) is 9.79. The molecule has 15 heteroatoms.